The van der Waals surface area contributed by atoms with Crippen LogP contribution in [0.25, 0.3) is 11.4 Å². The third-order valence-electron chi connectivity index (χ3n) is 31.1. The summed E-state index contributed by atoms with van der Waals surface area (Å²) in [5.74, 6) is 2.04. The lowest BCUT2D eigenvalue weighted by molar-refractivity contribution is 0.527. The van der Waals surface area contributed by atoms with Gasteiger partial charge in [-0.2, -0.15) is 15.0 Å². The van der Waals surface area contributed by atoms with E-state index in [1.54, 1.807) is 33.4 Å². The summed E-state index contributed by atoms with van der Waals surface area (Å²) in [7, 11) is 0. The van der Waals surface area contributed by atoms with Crippen molar-refractivity contribution in [3.8, 4) is 11.4 Å². The minimum absolute atomic E-state index is 0.650. The highest BCUT2D eigenvalue weighted by molar-refractivity contribution is 5.66. The number of hydrogen-bond donors (Lipinski definition) is 2. The van der Waals surface area contributed by atoms with E-state index in [0.717, 1.165) is 48.4 Å². The maximum atomic E-state index is 5.53. The summed E-state index contributed by atoms with van der Waals surface area (Å²) < 4.78 is 0. The predicted octanol–water partition coefficient (Wildman–Crippen LogP) is 46.2. The summed E-state index contributed by atoms with van der Waals surface area (Å²) in [6.07, 6.45) is 142. The second-order valence-electron chi connectivity index (χ2n) is 44.3. The number of nitrogens with zero attached hydrogens (tertiary/aromatic N) is 3. The third kappa shape index (κ3) is 73.9. The van der Waals surface area contributed by atoms with Crippen LogP contribution in [0.5, 0.6) is 0 Å². The summed E-state index contributed by atoms with van der Waals surface area (Å²) in [4.78, 5) is 16.4. The van der Waals surface area contributed by atoms with Crippen LogP contribution in [0.15, 0.2) is 48.5 Å². The Balaban J connectivity index is 1.69. The molecule has 0 amide bonds. The minimum Gasteiger partial charge on any atom is -0.324 e. The summed E-state index contributed by atoms with van der Waals surface area (Å²) >= 11 is 0. The first-order valence-corrected chi connectivity index (χ1v) is 62.6. The monoisotopic (exact) mass is 1870 g/mol. The van der Waals surface area contributed by atoms with E-state index in [0.29, 0.717) is 11.9 Å². The zero-order valence-corrected chi connectivity index (χ0v) is 92.6. The predicted molar refractivity (Wildman–Crippen MR) is 609 cm³/mol. The van der Waals surface area contributed by atoms with Crippen LogP contribution in [0.2, 0.25) is 0 Å². The van der Waals surface area contributed by atoms with Gasteiger partial charge < -0.3 is 10.6 Å². The zero-order chi connectivity index (χ0) is 95.8. The molecule has 1 aromatic heterocycles. The molecule has 0 aliphatic carbocycles. The quantitative estimate of drug-likeness (QED) is 0.0431. The first-order chi connectivity index (χ1) is 66.9. The second-order valence-corrected chi connectivity index (χ2v) is 44.3. The van der Waals surface area contributed by atoms with Crippen LogP contribution in [0, 0.1) is 6.92 Å². The van der Waals surface area contributed by atoms with Gasteiger partial charge in [-0.1, -0.05) is 649 Å². The molecule has 0 saturated heterocycles. The maximum absolute atomic E-state index is 5.53. The summed E-state index contributed by atoms with van der Waals surface area (Å²) in [5.41, 5.74) is 14.4. The molecule has 4 rings (SSSR count). The first kappa shape index (κ1) is 124. The third-order valence-corrected chi connectivity index (χ3v) is 31.1. The Bertz CT molecular complexity index is 2810. The van der Waals surface area contributed by atoms with Crippen LogP contribution in [0.1, 0.15) is 697 Å². The van der Waals surface area contributed by atoms with Crippen LogP contribution < -0.4 is 10.6 Å². The summed E-state index contributed by atoms with van der Waals surface area (Å²) in [5, 5.41) is 8.07. The van der Waals surface area contributed by atoms with E-state index in [1.807, 2.05) is 0 Å². The summed E-state index contributed by atoms with van der Waals surface area (Å²) in [6.45, 7) is 16.2. The average molecular weight is 1870 g/mol. The van der Waals surface area contributed by atoms with Crippen molar-refractivity contribution in [2.45, 2.75) is 703 Å². The fraction of sp³-hybridized carbons (Fsp3) is 0.838. The topological polar surface area (TPSA) is 62.7 Å². The van der Waals surface area contributed by atoms with Gasteiger partial charge in [0.05, 0.1) is 0 Å². The van der Waals surface area contributed by atoms with E-state index in [4.69, 9.17) is 15.0 Å². The highest BCUT2D eigenvalue weighted by atomic mass is 15.2. The van der Waals surface area contributed by atoms with Crippen molar-refractivity contribution in [3.05, 3.63) is 87.5 Å². The maximum Gasteiger partial charge on any atom is 0.232 e. The van der Waals surface area contributed by atoms with Crippen LogP contribution in [0.4, 0.5) is 23.3 Å². The largest absolute Gasteiger partial charge is 0.324 e. The second kappa shape index (κ2) is 96.4. The Labute approximate surface area is 845 Å². The van der Waals surface area contributed by atoms with Crippen molar-refractivity contribution < 1.29 is 0 Å². The van der Waals surface area contributed by atoms with Gasteiger partial charge in [0.1, 0.15) is 0 Å². The van der Waals surface area contributed by atoms with Gasteiger partial charge >= 0.3 is 0 Å². The van der Waals surface area contributed by atoms with Gasteiger partial charge in [0.15, 0.2) is 5.82 Å². The van der Waals surface area contributed by atoms with Crippen molar-refractivity contribution in [2.24, 2.45) is 0 Å². The van der Waals surface area contributed by atoms with Gasteiger partial charge in [-0.25, -0.2) is 0 Å². The molecule has 135 heavy (non-hydrogen) atoms. The van der Waals surface area contributed by atoms with Gasteiger partial charge in [0.2, 0.25) is 11.9 Å². The lowest BCUT2D eigenvalue weighted by Gasteiger charge is -2.20. The molecule has 0 bridgehead atoms. The van der Waals surface area contributed by atoms with Gasteiger partial charge in [-0.05, 0) is 142 Å². The summed E-state index contributed by atoms with van der Waals surface area (Å²) in [6, 6.07) is 19.3. The Morgan fingerprint density at radius 1 is 0.163 bits per heavy atom. The van der Waals surface area contributed by atoms with Crippen molar-refractivity contribution in [1.29, 1.82) is 0 Å². The number of hydrogen-bond acceptors (Lipinski definition) is 5. The number of aryl methyl sites for hydroxylation is 5. The molecule has 1 heterocycles. The number of nitrogens with one attached hydrogen (secondary N) is 2. The standard InChI is InChI=1S/C130H235N5/c1-8-14-20-26-32-38-44-50-56-62-68-74-80-86-92-98-104-120-114-124(115-121(105-99-93-87-81-75-69-63-57-51-45-39-33-27-21-15-9-2)126(120)108-102-96-90-84-78-72-66-60-54-48-42-36-30-24-18-12-5)131-129-133-128(119-112-110-118(7)111-113-119)134-130(135-129)132-125-116-122(106-100-94-88-82-76-70-64-58-52-46-40-34-28-22-16-10-3)127(109-103-97-91-85-79-73-67-61-55-49-43-37-31-25-19-13-6)123(117-125)107-101-95-89-83-77-71-65-59-53-47-41-35-29-23-17-11-4/h110-117H,8-109H2,1-7H3,(H2,131,132,133,134,135). The Morgan fingerprint density at radius 2 is 0.304 bits per heavy atom. The lowest BCUT2D eigenvalue weighted by atomic mass is 9.89. The normalized spacial score (nSPS) is 11.7. The molecule has 3 aromatic carbocycles. The van der Waals surface area contributed by atoms with E-state index < -0.39 is 0 Å². The molecule has 2 N–H and O–H groups in total. The number of aromatic nitrogens is 3. The van der Waals surface area contributed by atoms with Crippen LogP contribution in [-0.4, -0.2) is 15.0 Å². The highest BCUT2D eigenvalue weighted by Gasteiger charge is 2.19. The molecule has 0 atom stereocenters. The Kier molecular flexibility index (Phi) is 88.2. The zero-order valence-electron chi connectivity index (χ0n) is 92.6. The molecule has 5 heteroatoms. The first-order valence-electron chi connectivity index (χ1n) is 62.6. The molecule has 0 radical (unpaired) electrons. The molecule has 0 aliphatic heterocycles. The molecule has 0 unspecified atom stereocenters. The number of unbranched alkanes of at least 4 members (excludes halogenated alkanes) is 90. The van der Waals surface area contributed by atoms with Crippen LogP contribution in [0.3, 0.4) is 0 Å². The molecule has 0 fully saturated rings. The van der Waals surface area contributed by atoms with Crippen LogP contribution >= 0.6 is 0 Å². The van der Waals surface area contributed by atoms with Crippen molar-refractivity contribution in [1.82, 2.24) is 15.0 Å². The molecule has 0 aliphatic rings. The fourth-order valence-corrected chi connectivity index (χ4v) is 22.0. The Hall–Kier alpha value is -3.73. The van der Waals surface area contributed by atoms with Gasteiger partial charge in [-0.15, -0.1) is 0 Å². The molecule has 4 aromatic rings. The smallest absolute Gasteiger partial charge is 0.232 e. The number of benzene rings is 3. The minimum atomic E-state index is 0.650. The highest BCUT2D eigenvalue weighted by Crippen LogP contribution is 2.35. The van der Waals surface area contributed by atoms with Gasteiger partial charge in [0.25, 0.3) is 0 Å². The van der Waals surface area contributed by atoms with E-state index in [9.17, 15) is 0 Å². The number of anilines is 4. The Morgan fingerprint density at radius 3 is 0.459 bits per heavy atom. The van der Waals surface area contributed by atoms with Crippen LogP contribution in [-0.2, 0) is 38.5 Å². The SMILES string of the molecule is CCCCCCCCCCCCCCCCCCc1cc(Nc2nc(Nc3cc(CCCCCCCCCCCCCCCCCC)c(CCCCCCCCCCCCCCCCCC)c(CCCCCCCCCCCCCCCCCC)c3)nc(-c3ccc(C)cc3)n2)cc(CCCCCCCCCCCCCCCCCC)c1CCCCCCCCCCCCCCCCCC. The van der Waals surface area contributed by atoms with E-state index >= 15 is 0 Å². The van der Waals surface area contributed by atoms with Gasteiger partial charge in [0, 0.05) is 16.9 Å². The van der Waals surface area contributed by atoms with Crippen molar-refractivity contribution in [2.75, 3.05) is 10.6 Å². The molecule has 0 saturated carbocycles. The van der Waals surface area contributed by atoms with Crippen molar-refractivity contribution >= 4 is 23.3 Å². The van der Waals surface area contributed by atoms with Gasteiger partial charge in [-0.3, -0.25) is 0 Å². The molecule has 5 nitrogen and oxygen atoms in total. The fourth-order valence-electron chi connectivity index (χ4n) is 22.0. The molecular formula is C130H235N5. The number of rotatable bonds is 107. The van der Waals surface area contributed by atoms with E-state index in [-0.39, 0.29) is 0 Å². The molecular weight excluding hydrogens is 1630 g/mol. The van der Waals surface area contributed by atoms with E-state index in [1.165, 1.54) is 635 Å². The van der Waals surface area contributed by atoms with E-state index in [2.05, 4.69) is 108 Å². The van der Waals surface area contributed by atoms with Crippen molar-refractivity contribution in [3.63, 3.8) is 0 Å². The molecule has 780 valence electrons. The lowest BCUT2D eigenvalue weighted by Crippen LogP contribution is -2.09. The molecule has 0 spiro atoms. The average Bonchev–Trinajstić information content (AvgIpc) is 0.802.